The highest BCUT2D eigenvalue weighted by atomic mass is 35.5. The van der Waals surface area contributed by atoms with Crippen LogP contribution in [0.25, 0.3) is 0 Å². The van der Waals surface area contributed by atoms with E-state index in [-0.39, 0.29) is 10.7 Å². The fourth-order valence-electron chi connectivity index (χ4n) is 2.50. The van der Waals surface area contributed by atoms with Crippen LogP contribution >= 0.6 is 11.6 Å². The van der Waals surface area contributed by atoms with E-state index < -0.39 is 62.6 Å². The number of carbonyl (C=O) groups is 1. The zero-order valence-electron chi connectivity index (χ0n) is 14.3. The first kappa shape index (κ1) is 21.5. The fourth-order valence-corrected chi connectivity index (χ4v) is 4.16. The van der Waals surface area contributed by atoms with Gasteiger partial charge < -0.3 is 5.32 Å². The molecule has 3 rings (SSSR count). The monoisotopic (exact) mass is 454 g/mol. The van der Waals surface area contributed by atoms with Gasteiger partial charge in [-0.1, -0.05) is 11.6 Å². The number of halogens is 6. The summed E-state index contributed by atoms with van der Waals surface area (Å²) in [5.74, 6) is -2.96. The van der Waals surface area contributed by atoms with Crippen LogP contribution in [0.4, 0.5) is 27.6 Å². The van der Waals surface area contributed by atoms with Gasteiger partial charge in [-0.2, -0.15) is 17.9 Å². The lowest BCUT2D eigenvalue weighted by atomic mass is 10.2. The van der Waals surface area contributed by atoms with E-state index in [9.17, 15) is 35.2 Å². The van der Waals surface area contributed by atoms with E-state index in [1.807, 2.05) is 0 Å². The predicted octanol–water partition coefficient (Wildman–Crippen LogP) is 4.24. The minimum absolute atomic E-state index is 0.00110. The lowest BCUT2D eigenvalue weighted by Gasteiger charge is -2.20. The minimum atomic E-state index is -4.79. The number of hydrogen-bond donors (Lipinski definition) is 2. The number of amides is 1. The zero-order valence-corrected chi connectivity index (χ0v) is 15.9. The van der Waals surface area contributed by atoms with Gasteiger partial charge in [-0.25, -0.2) is 17.2 Å². The molecule has 29 heavy (non-hydrogen) atoms. The van der Waals surface area contributed by atoms with Crippen LogP contribution in [0, 0.1) is 11.6 Å². The Kier molecular flexibility index (Phi) is 5.35. The van der Waals surface area contributed by atoms with Crippen molar-refractivity contribution in [3.05, 3.63) is 58.6 Å². The maximum absolute atomic E-state index is 14.1. The predicted molar refractivity (Wildman–Crippen MR) is 94.1 cm³/mol. The van der Waals surface area contributed by atoms with Crippen molar-refractivity contribution in [2.75, 3.05) is 5.32 Å². The molecular weight excluding hydrogens is 443 g/mol. The smallest absolute Gasteiger partial charge is 0.322 e. The Bertz CT molecular complexity index is 1080. The summed E-state index contributed by atoms with van der Waals surface area (Å²) in [7, 11) is -4.68. The van der Waals surface area contributed by atoms with Crippen LogP contribution in [0.1, 0.15) is 23.2 Å². The Morgan fingerprint density at radius 2 is 1.66 bits per heavy atom. The highest BCUT2D eigenvalue weighted by molar-refractivity contribution is 7.89. The number of carbonyl (C=O) groups excluding carboxylic acids is 1. The normalized spacial score (nSPS) is 15.8. The number of hydrogen-bond acceptors (Lipinski definition) is 3. The second-order valence-electron chi connectivity index (χ2n) is 6.41. The standard InChI is InChI=1S/C17H12ClF5N2O3S/c18-12-7-9(1-3-14(12)20)24-15(26)11-8-10(2-4-13(11)19)29(27,28)25-16(5-6-16)17(21,22)23/h1-4,7-8,25H,5-6H2,(H,24,26). The first-order valence-corrected chi connectivity index (χ1v) is 9.87. The first-order valence-electron chi connectivity index (χ1n) is 8.01. The van der Waals surface area contributed by atoms with Crippen molar-refractivity contribution in [1.82, 2.24) is 4.72 Å². The lowest BCUT2D eigenvalue weighted by Crippen LogP contribution is -2.47. The van der Waals surface area contributed by atoms with E-state index in [2.05, 4.69) is 5.32 Å². The van der Waals surface area contributed by atoms with Gasteiger partial charge in [0.25, 0.3) is 5.91 Å². The Balaban J connectivity index is 1.87. The molecule has 0 aliphatic heterocycles. The molecule has 2 aromatic carbocycles. The molecule has 0 aromatic heterocycles. The molecule has 1 aliphatic rings. The summed E-state index contributed by atoms with van der Waals surface area (Å²) in [5, 5.41) is 1.89. The molecule has 0 bridgehead atoms. The topological polar surface area (TPSA) is 75.3 Å². The van der Waals surface area contributed by atoms with Crippen LogP contribution in [-0.2, 0) is 10.0 Å². The van der Waals surface area contributed by atoms with Crippen LogP contribution in [0.2, 0.25) is 5.02 Å². The second kappa shape index (κ2) is 7.22. The lowest BCUT2D eigenvalue weighted by molar-refractivity contribution is -0.160. The van der Waals surface area contributed by atoms with Crippen molar-refractivity contribution in [2.24, 2.45) is 0 Å². The highest BCUT2D eigenvalue weighted by Crippen LogP contribution is 2.49. The van der Waals surface area contributed by atoms with Crippen LogP contribution in [-0.4, -0.2) is 26.0 Å². The molecule has 0 spiro atoms. The molecular formula is C17H12ClF5N2O3S. The van der Waals surface area contributed by atoms with Crippen LogP contribution in [0.5, 0.6) is 0 Å². The summed E-state index contributed by atoms with van der Waals surface area (Å²) in [4.78, 5) is 11.6. The number of rotatable bonds is 5. The number of sulfonamides is 1. The van der Waals surface area contributed by atoms with Gasteiger partial charge in [-0.05, 0) is 49.2 Å². The van der Waals surface area contributed by atoms with Crippen molar-refractivity contribution < 1.29 is 35.2 Å². The van der Waals surface area contributed by atoms with Gasteiger partial charge in [0, 0.05) is 5.69 Å². The van der Waals surface area contributed by atoms with E-state index in [0.717, 1.165) is 24.3 Å². The maximum atomic E-state index is 14.1. The maximum Gasteiger partial charge on any atom is 0.407 e. The molecule has 0 heterocycles. The summed E-state index contributed by atoms with van der Waals surface area (Å²) >= 11 is 5.58. The minimum Gasteiger partial charge on any atom is -0.322 e. The van der Waals surface area contributed by atoms with Gasteiger partial charge in [0.1, 0.15) is 17.2 Å². The fraction of sp³-hybridized carbons (Fsp3) is 0.235. The highest BCUT2D eigenvalue weighted by Gasteiger charge is 2.65. The Hall–Kier alpha value is -2.24. The van der Waals surface area contributed by atoms with Crippen LogP contribution in [0.3, 0.4) is 0 Å². The van der Waals surface area contributed by atoms with E-state index >= 15 is 0 Å². The van der Waals surface area contributed by atoms with Gasteiger partial charge in [0.2, 0.25) is 10.0 Å². The van der Waals surface area contributed by atoms with Gasteiger partial charge in [0.15, 0.2) is 0 Å². The Morgan fingerprint density at radius 1 is 1.03 bits per heavy atom. The van der Waals surface area contributed by atoms with Gasteiger partial charge in [-0.3, -0.25) is 4.79 Å². The quantitative estimate of drug-likeness (QED) is 0.663. The number of alkyl halides is 3. The summed E-state index contributed by atoms with van der Waals surface area (Å²) in [6.45, 7) is 0. The molecule has 156 valence electrons. The van der Waals surface area contributed by atoms with Crippen LogP contribution < -0.4 is 10.0 Å². The number of nitrogens with one attached hydrogen (secondary N) is 2. The average Bonchev–Trinajstić information content (AvgIpc) is 3.38. The Labute approximate surface area is 166 Å². The average molecular weight is 455 g/mol. The summed E-state index contributed by atoms with van der Waals surface area (Å²) in [6, 6.07) is 5.15. The molecule has 1 fully saturated rings. The number of anilines is 1. The zero-order chi connectivity index (χ0) is 21.6. The molecule has 2 N–H and O–H groups in total. The molecule has 1 amide bonds. The summed E-state index contributed by atoms with van der Waals surface area (Å²) in [5.41, 5.74) is -3.29. The van der Waals surface area contributed by atoms with Gasteiger partial charge >= 0.3 is 6.18 Å². The van der Waals surface area contributed by atoms with Crippen molar-refractivity contribution in [1.29, 1.82) is 0 Å². The third kappa shape index (κ3) is 4.36. The third-order valence-corrected chi connectivity index (χ3v) is 6.12. The van der Waals surface area contributed by atoms with Crippen molar-refractivity contribution in [2.45, 2.75) is 29.5 Å². The second-order valence-corrected chi connectivity index (χ2v) is 8.50. The number of benzene rings is 2. The molecule has 1 aliphatic carbocycles. The third-order valence-electron chi connectivity index (χ3n) is 4.29. The van der Waals surface area contributed by atoms with E-state index in [1.54, 1.807) is 4.72 Å². The Morgan fingerprint density at radius 3 is 2.21 bits per heavy atom. The van der Waals surface area contributed by atoms with Gasteiger partial charge in [-0.15, -0.1) is 0 Å². The van der Waals surface area contributed by atoms with Crippen LogP contribution in [0.15, 0.2) is 41.3 Å². The van der Waals surface area contributed by atoms with Crippen molar-refractivity contribution >= 4 is 33.2 Å². The summed E-state index contributed by atoms with van der Waals surface area (Å²) < 4.78 is 92.6. The van der Waals surface area contributed by atoms with Crippen molar-refractivity contribution in [3.63, 3.8) is 0 Å². The first-order chi connectivity index (χ1) is 13.3. The van der Waals surface area contributed by atoms with Crippen molar-refractivity contribution in [3.8, 4) is 0 Å². The summed E-state index contributed by atoms with van der Waals surface area (Å²) in [6.07, 6.45) is -5.63. The molecule has 0 radical (unpaired) electrons. The largest absolute Gasteiger partial charge is 0.407 e. The molecule has 12 heteroatoms. The SMILES string of the molecule is O=C(Nc1ccc(F)c(Cl)c1)c1cc(S(=O)(=O)NC2(C(F)(F)F)CC2)ccc1F. The molecule has 5 nitrogen and oxygen atoms in total. The van der Waals surface area contributed by atoms with E-state index in [0.29, 0.717) is 12.1 Å². The molecule has 0 saturated heterocycles. The van der Waals surface area contributed by atoms with E-state index in [4.69, 9.17) is 11.6 Å². The molecule has 1 saturated carbocycles. The van der Waals surface area contributed by atoms with E-state index in [1.165, 1.54) is 0 Å². The molecule has 2 aromatic rings. The molecule has 0 unspecified atom stereocenters. The van der Waals surface area contributed by atoms with Gasteiger partial charge in [0.05, 0.1) is 15.5 Å². The molecule has 0 atom stereocenters.